The smallest absolute Gasteiger partial charge is 0.270 e. The molecule has 2 N–H and O–H groups in total. The topological polar surface area (TPSA) is 144 Å². The van der Waals surface area contributed by atoms with Crippen LogP contribution in [0.25, 0.3) is 10.2 Å². The standard InChI is InChI=1S/C19H15N5O5S3/c1-32(28,29)14-5-2-11(3-6-14)20-18-21-12(10-30-18)8-17(25)23-19-22-15-7-4-13(24(26)27)9-16(15)31-19/h2-7,9-10H,8H2,1H3,(H,20,21)(H,22,23,25). The van der Waals surface area contributed by atoms with Gasteiger partial charge in [0.1, 0.15) is 0 Å². The fourth-order valence-corrected chi connectivity index (χ4v) is 5.04. The van der Waals surface area contributed by atoms with E-state index in [4.69, 9.17) is 0 Å². The molecule has 0 radical (unpaired) electrons. The number of nitro benzene ring substituents is 1. The van der Waals surface area contributed by atoms with Crippen molar-refractivity contribution in [3.05, 3.63) is 63.7 Å². The van der Waals surface area contributed by atoms with E-state index < -0.39 is 14.8 Å². The number of nitrogens with one attached hydrogen (secondary N) is 2. The summed E-state index contributed by atoms with van der Waals surface area (Å²) in [4.78, 5) is 31.6. The first-order valence-electron chi connectivity index (χ1n) is 9.04. The average Bonchev–Trinajstić information content (AvgIpc) is 3.32. The largest absolute Gasteiger partial charge is 0.332 e. The number of thiazole rings is 2. The zero-order valence-corrected chi connectivity index (χ0v) is 18.9. The number of benzene rings is 2. The minimum atomic E-state index is -3.26. The van der Waals surface area contributed by atoms with Crippen molar-refractivity contribution in [1.29, 1.82) is 0 Å². The molecule has 0 atom stereocenters. The zero-order valence-electron chi connectivity index (χ0n) is 16.4. The maximum Gasteiger partial charge on any atom is 0.270 e. The number of sulfone groups is 1. The molecule has 4 rings (SSSR count). The Bertz CT molecular complexity index is 1430. The molecule has 13 heteroatoms. The number of carbonyl (C=O) groups is 1. The number of amides is 1. The van der Waals surface area contributed by atoms with Crippen LogP contribution in [0.2, 0.25) is 0 Å². The van der Waals surface area contributed by atoms with E-state index in [-0.39, 0.29) is 22.9 Å². The first kappa shape index (κ1) is 21.8. The highest BCUT2D eigenvalue weighted by atomic mass is 32.2. The lowest BCUT2D eigenvalue weighted by Gasteiger charge is -2.04. The van der Waals surface area contributed by atoms with Gasteiger partial charge in [-0.1, -0.05) is 11.3 Å². The number of carbonyl (C=O) groups excluding carboxylic acids is 1. The predicted octanol–water partition coefficient (Wildman–Crippen LogP) is 3.99. The fraction of sp³-hybridized carbons (Fsp3) is 0.105. The highest BCUT2D eigenvalue weighted by Gasteiger charge is 2.14. The van der Waals surface area contributed by atoms with E-state index in [1.807, 2.05) is 0 Å². The fourth-order valence-electron chi connectivity index (χ4n) is 2.76. The van der Waals surface area contributed by atoms with Crippen LogP contribution in [0.4, 0.5) is 21.6 Å². The summed E-state index contributed by atoms with van der Waals surface area (Å²) in [5, 5.41) is 19.3. The third kappa shape index (κ3) is 5.07. The van der Waals surface area contributed by atoms with E-state index in [9.17, 15) is 23.3 Å². The van der Waals surface area contributed by atoms with Gasteiger partial charge < -0.3 is 10.6 Å². The van der Waals surface area contributed by atoms with Gasteiger partial charge in [-0.3, -0.25) is 14.9 Å². The van der Waals surface area contributed by atoms with Crippen molar-refractivity contribution in [3.63, 3.8) is 0 Å². The van der Waals surface area contributed by atoms with Gasteiger partial charge in [-0.25, -0.2) is 18.4 Å². The number of hydrogen-bond donors (Lipinski definition) is 2. The molecule has 10 nitrogen and oxygen atoms in total. The van der Waals surface area contributed by atoms with E-state index in [0.717, 1.165) is 17.6 Å². The third-order valence-electron chi connectivity index (χ3n) is 4.26. The van der Waals surface area contributed by atoms with E-state index in [1.54, 1.807) is 23.6 Å². The Morgan fingerprint density at radius 1 is 1.12 bits per heavy atom. The minimum Gasteiger partial charge on any atom is -0.332 e. The van der Waals surface area contributed by atoms with Gasteiger partial charge in [-0.05, 0) is 30.3 Å². The Kier molecular flexibility index (Phi) is 5.86. The zero-order chi connectivity index (χ0) is 22.9. The molecule has 0 bridgehead atoms. The van der Waals surface area contributed by atoms with E-state index in [2.05, 4.69) is 20.6 Å². The van der Waals surface area contributed by atoms with Crippen LogP contribution in [0.3, 0.4) is 0 Å². The van der Waals surface area contributed by atoms with Gasteiger partial charge in [0.25, 0.3) is 5.69 Å². The molecule has 0 aliphatic rings. The summed E-state index contributed by atoms with van der Waals surface area (Å²) in [6.07, 6.45) is 1.17. The van der Waals surface area contributed by atoms with Crippen LogP contribution < -0.4 is 10.6 Å². The van der Waals surface area contributed by atoms with Crippen molar-refractivity contribution in [2.75, 3.05) is 16.9 Å². The van der Waals surface area contributed by atoms with Crippen molar-refractivity contribution in [3.8, 4) is 0 Å². The second kappa shape index (κ2) is 8.61. The molecule has 0 aliphatic carbocycles. The van der Waals surface area contributed by atoms with Crippen LogP contribution in [0.5, 0.6) is 0 Å². The van der Waals surface area contributed by atoms with E-state index >= 15 is 0 Å². The summed E-state index contributed by atoms with van der Waals surface area (Å²) in [6.45, 7) is 0. The quantitative estimate of drug-likeness (QED) is 0.293. The lowest BCUT2D eigenvalue weighted by molar-refractivity contribution is -0.384. The minimum absolute atomic E-state index is 0.0290. The molecule has 2 heterocycles. The number of nitrogens with zero attached hydrogens (tertiary/aromatic N) is 3. The van der Waals surface area contributed by atoms with Gasteiger partial charge >= 0.3 is 0 Å². The van der Waals surface area contributed by atoms with Crippen LogP contribution in [0, 0.1) is 10.1 Å². The van der Waals surface area contributed by atoms with Crippen LogP contribution in [0.1, 0.15) is 5.69 Å². The molecule has 1 amide bonds. The lowest BCUT2D eigenvalue weighted by atomic mass is 10.3. The second-order valence-corrected chi connectivity index (χ2v) is 10.6. The summed E-state index contributed by atoms with van der Waals surface area (Å²) < 4.78 is 23.7. The van der Waals surface area contributed by atoms with Crippen LogP contribution >= 0.6 is 22.7 Å². The molecule has 0 unspecified atom stereocenters. The number of fused-ring (bicyclic) bond motifs is 1. The highest BCUT2D eigenvalue weighted by molar-refractivity contribution is 7.90. The summed E-state index contributed by atoms with van der Waals surface area (Å²) in [7, 11) is -3.26. The van der Waals surface area contributed by atoms with Crippen molar-refractivity contribution in [2.45, 2.75) is 11.3 Å². The van der Waals surface area contributed by atoms with E-state index in [0.29, 0.717) is 31.9 Å². The second-order valence-electron chi connectivity index (χ2n) is 6.72. The molecule has 32 heavy (non-hydrogen) atoms. The number of aromatic nitrogens is 2. The molecule has 0 saturated heterocycles. The number of nitro groups is 1. The van der Waals surface area contributed by atoms with Gasteiger partial charge in [0.15, 0.2) is 20.1 Å². The molecule has 0 aliphatic heterocycles. The molecule has 164 valence electrons. The van der Waals surface area contributed by atoms with Gasteiger partial charge in [-0.15, -0.1) is 11.3 Å². The predicted molar refractivity (Wildman–Crippen MR) is 124 cm³/mol. The molecule has 0 fully saturated rings. The van der Waals surface area contributed by atoms with Crippen LogP contribution in [0.15, 0.2) is 52.7 Å². The Hall–Kier alpha value is -3.42. The first-order chi connectivity index (χ1) is 15.2. The molecule has 0 spiro atoms. The Labute approximate surface area is 190 Å². The molecule has 4 aromatic rings. The van der Waals surface area contributed by atoms with Crippen LogP contribution in [-0.2, 0) is 21.1 Å². The van der Waals surface area contributed by atoms with Gasteiger partial charge in [0, 0.05) is 29.5 Å². The van der Waals surface area contributed by atoms with Crippen LogP contribution in [-0.4, -0.2) is 35.5 Å². The normalized spacial score (nSPS) is 11.4. The number of non-ortho nitro benzene ring substituents is 1. The van der Waals surface area contributed by atoms with Gasteiger partial charge in [0.2, 0.25) is 5.91 Å². The molecule has 2 aromatic heterocycles. The first-order valence-corrected chi connectivity index (χ1v) is 12.6. The van der Waals surface area contributed by atoms with Gasteiger partial charge in [0.05, 0.1) is 32.2 Å². The average molecular weight is 490 g/mol. The molecule has 0 saturated carbocycles. The lowest BCUT2D eigenvalue weighted by Crippen LogP contribution is -2.14. The Balaban J connectivity index is 1.38. The summed E-state index contributed by atoms with van der Waals surface area (Å²) in [5.41, 5.74) is 1.76. The summed E-state index contributed by atoms with van der Waals surface area (Å²) in [6, 6.07) is 10.6. The molecule has 2 aromatic carbocycles. The SMILES string of the molecule is CS(=O)(=O)c1ccc(Nc2nc(CC(=O)Nc3nc4ccc([N+](=O)[O-])cc4s3)cs2)cc1. The number of anilines is 3. The van der Waals surface area contributed by atoms with Crippen molar-refractivity contribution < 1.29 is 18.1 Å². The van der Waals surface area contributed by atoms with Gasteiger partial charge in [-0.2, -0.15) is 0 Å². The van der Waals surface area contributed by atoms with Crippen molar-refractivity contribution >= 4 is 70.3 Å². The van der Waals surface area contributed by atoms with Crippen molar-refractivity contribution in [2.24, 2.45) is 0 Å². The van der Waals surface area contributed by atoms with Crippen molar-refractivity contribution in [1.82, 2.24) is 9.97 Å². The summed E-state index contributed by atoms with van der Waals surface area (Å²) in [5.74, 6) is -0.312. The Morgan fingerprint density at radius 3 is 2.56 bits per heavy atom. The molecular weight excluding hydrogens is 474 g/mol. The maximum atomic E-state index is 12.4. The monoisotopic (exact) mass is 489 g/mol. The Morgan fingerprint density at radius 2 is 1.88 bits per heavy atom. The number of hydrogen-bond acceptors (Lipinski definition) is 10. The number of rotatable bonds is 7. The molecular formula is C19H15N5O5S3. The third-order valence-corrected chi connectivity index (χ3v) is 7.12. The van der Waals surface area contributed by atoms with E-state index in [1.165, 1.54) is 35.6 Å². The maximum absolute atomic E-state index is 12.4. The highest BCUT2D eigenvalue weighted by Crippen LogP contribution is 2.29. The summed E-state index contributed by atoms with van der Waals surface area (Å²) >= 11 is 2.47.